The van der Waals surface area contributed by atoms with Gasteiger partial charge >= 0.3 is 6.09 Å². The van der Waals surface area contributed by atoms with Crippen molar-refractivity contribution in [2.24, 2.45) is 0 Å². The number of likely N-dealkylation sites (tertiary alicyclic amines) is 1. The van der Waals surface area contributed by atoms with Gasteiger partial charge in [-0.2, -0.15) is 0 Å². The van der Waals surface area contributed by atoms with Crippen molar-refractivity contribution in [1.82, 2.24) is 20.2 Å². The van der Waals surface area contributed by atoms with Gasteiger partial charge in [-0.15, -0.1) is 0 Å². The summed E-state index contributed by atoms with van der Waals surface area (Å²) in [6.07, 6.45) is -1.40. The molecule has 2 N–H and O–H groups in total. The van der Waals surface area contributed by atoms with Crippen LogP contribution < -0.4 is 10.6 Å². The van der Waals surface area contributed by atoms with Crippen LogP contribution in [0.2, 0.25) is 0 Å². The summed E-state index contributed by atoms with van der Waals surface area (Å²) in [5, 5.41) is 6.08. The molecule has 228 valence electrons. The van der Waals surface area contributed by atoms with Gasteiger partial charge in [0.05, 0.1) is 34.8 Å². The van der Waals surface area contributed by atoms with Gasteiger partial charge in [-0.05, 0) is 48.0 Å². The van der Waals surface area contributed by atoms with Crippen LogP contribution >= 0.6 is 0 Å². The highest BCUT2D eigenvalue weighted by molar-refractivity contribution is 5.80. The van der Waals surface area contributed by atoms with Crippen LogP contribution in [-0.4, -0.2) is 51.1 Å². The number of alkyl halides is 2. The number of ether oxygens (including phenoxy) is 3. The van der Waals surface area contributed by atoms with Gasteiger partial charge < -0.3 is 29.7 Å². The Morgan fingerprint density at radius 3 is 2.50 bits per heavy atom. The molecule has 1 aromatic carbocycles. The number of aromatic nitrogens is 2. The Hall–Kier alpha value is -4.03. The maximum Gasteiger partial charge on any atom is 0.410 e. The second-order valence-corrected chi connectivity index (χ2v) is 11.7. The number of benzene rings is 1. The number of nitrogens with one attached hydrogen (secondary N) is 2. The Balaban J connectivity index is 1.55. The van der Waals surface area contributed by atoms with Crippen molar-refractivity contribution in [3.8, 4) is 0 Å². The smallest absolute Gasteiger partial charge is 0.410 e. The van der Waals surface area contributed by atoms with E-state index >= 15 is 0 Å². The number of rotatable bonds is 8. The number of nitrogens with zero attached hydrogens (tertiary/aromatic N) is 3. The van der Waals surface area contributed by atoms with Gasteiger partial charge in [0.2, 0.25) is 5.91 Å². The molecule has 2 aliphatic heterocycles. The van der Waals surface area contributed by atoms with Crippen LogP contribution in [-0.2, 0) is 25.4 Å². The average molecular weight is 592 g/mol. The van der Waals surface area contributed by atoms with Crippen molar-refractivity contribution < 1.29 is 37.0 Å². The summed E-state index contributed by atoms with van der Waals surface area (Å²) in [7, 11) is 0. The fraction of sp³-hybridized carbons (Fsp3) is 0.517. The summed E-state index contributed by atoms with van der Waals surface area (Å²) >= 11 is 0. The zero-order chi connectivity index (χ0) is 30.8. The largest absolute Gasteiger partial charge is 0.455 e. The summed E-state index contributed by atoms with van der Waals surface area (Å²) in [6, 6.07) is 3.02. The number of carbonyl (C=O) groups excluding carboxylic acids is 2. The van der Waals surface area contributed by atoms with E-state index in [-0.39, 0.29) is 30.3 Å². The van der Waals surface area contributed by atoms with Crippen molar-refractivity contribution in [2.45, 2.75) is 84.3 Å². The first-order valence-corrected chi connectivity index (χ1v) is 13.6. The van der Waals surface area contributed by atoms with Crippen LogP contribution in [0.25, 0.3) is 0 Å². The lowest BCUT2D eigenvalue weighted by Crippen LogP contribution is -2.49. The predicted molar refractivity (Wildman–Crippen MR) is 147 cm³/mol. The Kier molecular flexibility index (Phi) is 8.88. The Bertz CT molecular complexity index is 1360. The zero-order valence-corrected chi connectivity index (χ0v) is 24.5. The van der Waals surface area contributed by atoms with Crippen LogP contribution in [0.5, 0.6) is 0 Å². The maximum absolute atomic E-state index is 14.9. The van der Waals surface area contributed by atoms with Gasteiger partial charge in [0, 0.05) is 18.7 Å². The lowest BCUT2D eigenvalue weighted by molar-refractivity contribution is -0.122. The molecule has 42 heavy (non-hydrogen) atoms. The minimum atomic E-state index is -2.97. The summed E-state index contributed by atoms with van der Waals surface area (Å²) in [6.45, 7) is 11.2. The third kappa shape index (κ3) is 7.24. The van der Waals surface area contributed by atoms with E-state index in [1.165, 1.54) is 24.7 Å². The Morgan fingerprint density at radius 1 is 1.19 bits per heavy atom. The summed E-state index contributed by atoms with van der Waals surface area (Å²) in [4.78, 5) is 36.3. The van der Waals surface area contributed by atoms with Gasteiger partial charge in [0.15, 0.2) is 0 Å². The molecule has 2 amide bonds. The fourth-order valence-corrected chi connectivity index (χ4v) is 4.94. The van der Waals surface area contributed by atoms with E-state index in [1.807, 2.05) is 6.92 Å². The van der Waals surface area contributed by atoms with Crippen LogP contribution in [0.15, 0.2) is 30.7 Å². The first kappa shape index (κ1) is 30.9. The van der Waals surface area contributed by atoms with Crippen LogP contribution in [0.4, 0.5) is 23.8 Å². The third-order valence-electron chi connectivity index (χ3n) is 6.84. The SMILES string of the molecule is Cc1nc(CC(=O)NC2(C)CCN(C(=O)OC(C)(C)C)C2)c(C2OC=CO2)c(N[C@H](C)c2cccc(C(F)F)c2F)n1. The first-order chi connectivity index (χ1) is 19.7. The number of halogens is 3. The second-order valence-electron chi connectivity index (χ2n) is 11.7. The number of aryl methyl sites for hydroxylation is 1. The summed E-state index contributed by atoms with van der Waals surface area (Å²) < 4.78 is 58.1. The van der Waals surface area contributed by atoms with Crippen LogP contribution in [0.1, 0.15) is 88.0 Å². The highest BCUT2D eigenvalue weighted by Crippen LogP contribution is 2.35. The molecule has 1 unspecified atom stereocenters. The fourth-order valence-electron chi connectivity index (χ4n) is 4.94. The van der Waals surface area contributed by atoms with Gasteiger partial charge in [-0.1, -0.05) is 18.2 Å². The van der Waals surface area contributed by atoms with Crippen molar-refractivity contribution in [3.63, 3.8) is 0 Å². The lowest BCUT2D eigenvalue weighted by atomic mass is 10.0. The molecule has 13 heteroatoms. The Morgan fingerprint density at radius 2 is 1.86 bits per heavy atom. The molecule has 0 aliphatic carbocycles. The quantitative estimate of drug-likeness (QED) is 0.407. The van der Waals surface area contributed by atoms with Gasteiger partial charge in [0.1, 0.15) is 35.6 Å². The molecular formula is C29H36F3N5O5. The molecule has 2 aliphatic rings. The highest BCUT2D eigenvalue weighted by atomic mass is 19.3. The van der Waals surface area contributed by atoms with Crippen molar-refractivity contribution in [3.05, 3.63) is 64.7 Å². The van der Waals surface area contributed by atoms with Crippen LogP contribution in [0, 0.1) is 12.7 Å². The van der Waals surface area contributed by atoms with Crippen molar-refractivity contribution >= 4 is 17.8 Å². The lowest BCUT2D eigenvalue weighted by Gasteiger charge is -2.28. The maximum atomic E-state index is 14.9. The van der Waals surface area contributed by atoms with Crippen molar-refractivity contribution in [1.29, 1.82) is 0 Å². The number of anilines is 1. The van der Waals surface area contributed by atoms with Gasteiger partial charge in [0.25, 0.3) is 12.7 Å². The summed E-state index contributed by atoms with van der Waals surface area (Å²) in [5.41, 5.74) is -1.40. The molecule has 1 aromatic heterocycles. The molecule has 1 fully saturated rings. The van der Waals surface area contributed by atoms with E-state index in [4.69, 9.17) is 14.2 Å². The second kappa shape index (κ2) is 12.1. The topological polar surface area (TPSA) is 115 Å². The van der Waals surface area contributed by atoms with E-state index < -0.39 is 47.4 Å². The molecule has 10 nitrogen and oxygen atoms in total. The minimum absolute atomic E-state index is 0.0180. The highest BCUT2D eigenvalue weighted by Gasteiger charge is 2.39. The number of amides is 2. The van der Waals surface area contributed by atoms with E-state index in [0.717, 1.165) is 6.07 Å². The molecule has 2 aromatic rings. The molecule has 0 bridgehead atoms. The van der Waals surface area contributed by atoms with E-state index in [9.17, 15) is 22.8 Å². The molecular weight excluding hydrogens is 555 g/mol. The van der Waals surface area contributed by atoms with E-state index in [1.54, 1.807) is 39.5 Å². The molecule has 4 rings (SSSR count). The molecule has 3 heterocycles. The monoisotopic (exact) mass is 591 g/mol. The Labute approximate surface area is 242 Å². The first-order valence-electron chi connectivity index (χ1n) is 13.6. The van der Waals surface area contributed by atoms with Crippen LogP contribution in [0.3, 0.4) is 0 Å². The zero-order valence-electron chi connectivity index (χ0n) is 24.5. The summed E-state index contributed by atoms with van der Waals surface area (Å²) in [5.74, 6) is -0.855. The molecule has 0 saturated carbocycles. The van der Waals surface area contributed by atoms with E-state index in [2.05, 4.69) is 20.6 Å². The minimum Gasteiger partial charge on any atom is -0.455 e. The predicted octanol–water partition coefficient (Wildman–Crippen LogP) is 5.61. The molecule has 0 radical (unpaired) electrons. The van der Waals surface area contributed by atoms with Gasteiger partial charge in [-0.3, -0.25) is 4.79 Å². The molecule has 1 saturated heterocycles. The van der Waals surface area contributed by atoms with Gasteiger partial charge in [-0.25, -0.2) is 27.9 Å². The number of carbonyl (C=O) groups is 2. The normalized spacial score (nSPS) is 19.4. The third-order valence-corrected chi connectivity index (χ3v) is 6.84. The standard InChI is InChI=1S/C29H36F3N5O5/c1-16(18-8-7-9-19(23(18)30)24(31)32)33-25-22(26-40-12-13-41-26)20(34-17(2)35-25)14-21(38)36-29(6)10-11-37(15-29)27(39)42-28(3,4)5/h7-9,12-13,16,24,26H,10-11,14-15H2,1-6H3,(H,36,38)(H,33,34,35)/t16-,29?/m1/s1. The molecule has 0 spiro atoms. The number of hydrogen-bond acceptors (Lipinski definition) is 8. The van der Waals surface area contributed by atoms with E-state index in [0.29, 0.717) is 30.0 Å². The van der Waals surface area contributed by atoms with Crippen molar-refractivity contribution in [2.75, 3.05) is 18.4 Å². The molecule has 2 atom stereocenters. The number of hydrogen-bond donors (Lipinski definition) is 2. The average Bonchev–Trinajstić information content (AvgIpc) is 3.53.